The van der Waals surface area contributed by atoms with Crippen LogP contribution in [-0.4, -0.2) is 13.8 Å². The Labute approximate surface area is 180 Å². The van der Waals surface area contributed by atoms with Crippen LogP contribution in [0.1, 0.15) is 11.1 Å². The van der Waals surface area contributed by atoms with Crippen LogP contribution in [0.5, 0.6) is 5.75 Å². The summed E-state index contributed by atoms with van der Waals surface area (Å²) in [5, 5.41) is 0. The van der Waals surface area contributed by atoms with Gasteiger partial charge in [0.2, 0.25) is 0 Å². The first-order valence-corrected chi connectivity index (χ1v) is 9.02. The molecule has 0 heterocycles. The zero-order valence-electron chi connectivity index (χ0n) is 16.9. The number of hydrogen-bond donors (Lipinski definition) is 0. The molecule has 0 saturated carbocycles. The molecule has 0 unspecified atom stereocenters. The van der Waals surface area contributed by atoms with Crippen molar-refractivity contribution < 1.29 is 48.6 Å². The number of ether oxygens (including phenoxy) is 1. The molecule has 0 spiro atoms. The Balaban J connectivity index is 2.62. The Kier molecular flexibility index (Phi) is 6.41. The Morgan fingerprint density at radius 2 is 0.939 bits per heavy atom. The first-order valence-electron chi connectivity index (χ1n) is 9.02. The van der Waals surface area contributed by atoms with Gasteiger partial charge in [0.15, 0.2) is 52.4 Å². The van der Waals surface area contributed by atoms with Crippen molar-refractivity contribution >= 4 is 23.1 Å². The molecule has 1 nitrogen and oxygen atoms in total. The summed E-state index contributed by atoms with van der Waals surface area (Å²) in [7, 11) is 0.781. The van der Waals surface area contributed by atoms with E-state index in [0.717, 1.165) is 7.11 Å². The Morgan fingerprint density at radius 1 is 0.576 bits per heavy atom. The second-order valence-electron chi connectivity index (χ2n) is 7.03. The highest BCUT2D eigenvalue weighted by Crippen LogP contribution is 2.24. The van der Waals surface area contributed by atoms with E-state index >= 15 is 0 Å². The molecule has 174 valence electrons. The average molecular weight is 480 g/mol. The van der Waals surface area contributed by atoms with E-state index in [0.29, 0.717) is 13.8 Å². The highest BCUT2D eigenvalue weighted by molar-refractivity contribution is 6.96. The van der Waals surface area contributed by atoms with Gasteiger partial charge in [0, 0.05) is 28.1 Å². The number of hydrogen-bond acceptors (Lipinski definition) is 1. The molecule has 0 saturated heterocycles. The molecule has 3 aromatic carbocycles. The summed E-state index contributed by atoms with van der Waals surface area (Å²) in [6.07, 6.45) is 0. The molecule has 0 aliphatic carbocycles. The van der Waals surface area contributed by atoms with E-state index in [1.807, 2.05) is 0 Å². The standard InChI is InChI=1S/C21H11BF10O/c1-6-13(25)17(29)11(18(30)14(6)26)22(9-4-8(23)5-10(24)21(9)33-3)12-19(31)15(27)7(2)16(28)20(12)32/h4-5H,1-3H3. The highest BCUT2D eigenvalue weighted by Gasteiger charge is 2.41. The van der Waals surface area contributed by atoms with E-state index in [4.69, 9.17) is 0 Å². The van der Waals surface area contributed by atoms with Gasteiger partial charge in [-0.2, -0.15) is 0 Å². The molecule has 0 amide bonds. The third-order valence-corrected chi connectivity index (χ3v) is 5.16. The quantitative estimate of drug-likeness (QED) is 0.309. The molecule has 33 heavy (non-hydrogen) atoms. The van der Waals surface area contributed by atoms with Crippen LogP contribution in [0.4, 0.5) is 43.9 Å². The van der Waals surface area contributed by atoms with Gasteiger partial charge in [0.25, 0.3) is 6.71 Å². The van der Waals surface area contributed by atoms with Crippen LogP contribution >= 0.6 is 0 Å². The lowest BCUT2D eigenvalue weighted by atomic mass is 9.36. The van der Waals surface area contributed by atoms with E-state index in [1.54, 1.807) is 0 Å². The summed E-state index contributed by atoms with van der Waals surface area (Å²) in [6, 6.07) is 0.515. The number of methoxy groups -OCH3 is 1. The molecule has 12 heteroatoms. The molecular formula is C21H11BF10O. The summed E-state index contributed by atoms with van der Waals surface area (Å²) in [5.74, 6) is -20.9. The lowest BCUT2D eigenvalue weighted by Gasteiger charge is -2.22. The normalized spacial score (nSPS) is 11.2. The Morgan fingerprint density at radius 3 is 1.27 bits per heavy atom. The minimum absolute atomic E-state index is 0.228. The van der Waals surface area contributed by atoms with Crippen LogP contribution in [0.25, 0.3) is 0 Å². The predicted molar refractivity (Wildman–Crippen MR) is 99.6 cm³/mol. The molecular weight excluding hydrogens is 469 g/mol. The zero-order valence-corrected chi connectivity index (χ0v) is 16.9. The maximum Gasteiger partial charge on any atom is 0.262 e. The second kappa shape index (κ2) is 8.64. The fourth-order valence-electron chi connectivity index (χ4n) is 3.49. The molecule has 0 aliphatic heterocycles. The Bertz CT molecular complexity index is 1160. The zero-order chi connectivity index (χ0) is 24.9. The van der Waals surface area contributed by atoms with Crippen LogP contribution < -0.4 is 21.1 Å². The van der Waals surface area contributed by atoms with Crippen molar-refractivity contribution in [2.75, 3.05) is 7.11 Å². The van der Waals surface area contributed by atoms with Crippen molar-refractivity contribution in [2.24, 2.45) is 0 Å². The van der Waals surface area contributed by atoms with Crippen LogP contribution in [-0.2, 0) is 0 Å². The Hall–Kier alpha value is -3.18. The molecule has 0 N–H and O–H groups in total. The fraction of sp³-hybridized carbons (Fsp3) is 0.143. The third-order valence-electron chi connectivity index (χ3n) is 5.16. The molecule has 0 bridgehead atoms. The first-order chi connectivity index (χ1) is 15.3. The van der Waals surface area contributed by atoms with Crippen LogP contribution in [0.2, 0.25) is 0 Å². The van der Waals surface area contributed by atoms with E-state index < -0.39 is 98.1 Å². The van der Waals surface area contributed by atoms with E-state index in [9.17, 15) is 43.9 Å². The maximum atomic E-state index is 14.9. The molecule has 3 aromatic rings. The smallest absolute Gasteiger partial charge is 0.262 e. The third kappa shape index (κ3) is 3.70. The average Bonchev–Trinajstić information content (AvgIpc) is 2.77. The summed E-state index contributed by atoms with van der Waals surface area (Å²) < 4.78 is 150. The van der Waals surface area contributed by atoms with E-state index in [1.165, 1.54) is 0 Å². The number of halogens is 10. The summed E-state index contributed by atoms with van der Waals surface area (Å²) >= 11 is 0. The van der Waals surface area contributed by atoms with Crippen molar-refractivity contribution in [1.29, 1.82) is 0 Å². The van der Waals surface area contributed by atoms with Crippen molar-refractivity contribution in [2.45, 2.75) is 13.8 Å². The molecule has 0 aliphatic rings. The van der Waals surface area contributed by atoms with Gasteiger partial charge in [-0.3, -0.25) is 0 Å². The van der Waals surface area contributed by atoms with Gasteiger partial charge < -0.3 is 4.74 Å². The summed E-state index contributed by atoms with van der Waals surface area (Å²) in [6.45, 7) is -1.53. The second-order valence-corrected chi connectivity index (χ2v) is 7.03. The van der Waals surface area contributed by atoms with Gasteiger partial charge in [0.1, 0.15) is 11.6 Å². The monoisotopic (exact) mass is 480 g/mol. The van der Waals surface area contributed by atoms with Crippen molar-refractivity contribution in [1.82, 2.24) is 0 Å². The van der Waals surface area contributed by atoms with Crippen LogP contribution in [0.3, 0.4) is 0 Å². The molecule has 3 rings (SSSR count). The SMILES string of the molecule is COc1c(F)cc(F)cc1B(c1c(F)c(F)c(C)c(F)c1F)c1c(F)c(F)c(C)c(F)c1F. The van der Waals surface area contributed by atoms with Crippen LogP contribution in [0.15, 0.2) is 12.1 Å². The topological polar surface area (TPSA) is 9.23 Å². The van der Waals surface area contributed by atoms with Gasteiger partial charge in [-0.05, 0) is 25.4 Å². The number of benzene rings is 3. The fourth-order valence-corrected chi connectivity index (χ4v) is 3.49. The molecule has 0 radical (unpaired) electrons. The van der Waals surface area contributed by atoms with Crippen molar-refractivity contribution in [3.8, 4) is 5.75 Å². The van der Waals surface area contributed by atoms with Gasteiger partial charge in [-0.15, -0.1) is 0 Å². The largest absolute Gasteiger partial charge is 0.494 e. The van der Waals surface area contributed by atoms with Gasteiger partial charge in [-0.1, -0.05) is 0 Å². The lowest BCUT2D eigenvalue weighted by Crippen LogP contribution is -2.58. The summed E-state index contributed by atoms with van der Waals surface area (Å²) in [5.41, 5.74) is -7.01. The molecule has 0 fully saturated rings. The summed E-state index contributed by atoms with van der Waals surface area (Å²) in [4.78, 5) is 0. The maximum absolute atomic E-state index is 14.9. The highest BCUT2D eigenvalue weighted by atomic mass is 19.2. The minimum atomic E-state index is -2.82. The molecule has 0 atom stereocenters. The molecule has 0 aromatic heterocycles. The number of rotatable bonds is 4. The lowest BCUT2D eigenvalue weighted by molar-refractivity contribution is 0.387. The van der Waals surface area contributed by atoms with Crippen molar-refractivity contribution in [3.63, 3.8) is 0 Å². The van der Waals surface area contributed by atoms with Gasteiger partial charge >= 0.3 is 0 Å². The van der Waals surface area contributed by atoms with Crippen molar-refractivity contribution in [3.05, 3.63) is 81.4 Å². The minimum Gasteiger partial charge on any atom is -0.494 e. The van der Waals surface area contributed by atoms with Gasteiger partial charge in [-0.25, -0.2) is 43.9 Å². The van der Waals surface area contributed by atoms with E-state index in [2.05, 4.69) is 4.74 Å². The van der Waals surface area contributed by atoms with E-state index in [-0.39, 0.29) is 12.1 Å². The van der Waals surface area contributed by atoms with Gasteiger partial charge in [0.05, 0.1) is 7.11 Å². The first kappa shape index (κ1) is 24.5. The van der Waals surface area contributed by atoms with Crippen LogP contribution in [0, 0.1) is 72.0 Å². The predicted octanol–water partition coefficient (Wildman–Crippen LogP) is 4.22.